The van der Waals surface area contributed by atoms with Crippen LogP contribution in [0.3, 0.4) is 0 Å². The summed E-state index contributed by atoms with van der Waals surface area (Å²) in [5.41, 5.74) is 3.56. The van der Waals surface area contributed by atoms with E-state index in [-0.39, 0.29) is 36.1 Å². The number of Topliss-reactive ketones (excluding diaryl/α,β-unsaturated/α-hetero) is 1. The minimum Gasteiger partial charge on any atom is -0.352 e. The number of ketones is 1. The molecule has 2 amide bonds. The van der Waals surface area contributed by atoms with Crippen LogP contribution in [0.5, 0.6) is 0 Å². The number of amides is 2. The highest BCUT2D eigenvalue weighted by Crippen LogP contribution is 2.38. The second-order valence-corrected chi connectivity index (χ2v) is 12.7. The number of carbonyl (C=O) groups is 3. The predicted octanol–water partition coefficient (Wildman–Crippen LogP) is 5.97. The van der Waals surface area contributed by atoms with Crippen molar-refractivity contribution in [2.75, 3.05) is 13.1 Å². The van der Waals surface area contributed by atoms with Crippen LogP contribution in [0, 0.1) is 18.3 Å². The van der Waals surface area contributed by atoms with Crippen LogP contribution in [0.4, 0.5) is 0 Å². The zero-order valence-corrected chi connectivity index (χ0v) is 23.4. The summed E-state index contributed by atoms with van der Waals surface area (Å²) in [5.74, 6) is -0.591. The van der Waals surface area contributed by atoms with E-state index in [1.165, 1.54) is 0 Å². The Kier molecular flexibility index (Phi) is 6.10. The summed E-state index contributed by atoms with van der Waals surface area (Å²) in [5, 5.41) is 2.52. The number of nitrogens with one attached hydrogen (secondary N) is 2. The fourth-order valence-electron chi connectivity index (χ4n) is 6.21. The van der Waals surface area contributed by atoms with Gasteiger partial charge in [-0.25, -0.2) is 0 Å². The Balaban J connectivity index is 1.16. The molecular formula is C31H33ClN4O3. The van der Waals surface area contributed by atoms with Crippen LogP contribution in [0.2, 0.25) is 5.02 Å². The number of benzene rings is 2. The number of nitrogens with zero attached hydrogens (tertiary/aromatic N) is 2. The topological polar surface area (TPSA) is 89.3 Å². The van der Waals surface area contributed by atoms with Gasteiger partial charge in [0.05, 0.1) is 23.7 Å². The molecule has 2 N–H and O–H groups in total. The van der Waals surface area contributed by atoms with Crippen molar-refractivity contribution in [3.8, 4) is 0 Å². The molecule has 2 saturated heterocycles. The van der Waals surface area contributed by atoms with Crippen molar-refractivity contribution in [3.63, 3.8) is 0 Å². The molecule has 3 atom stereocenters. The molecule has 2 aliphatic rings. The fraction of sp³-hybridized carbons (Fsp3) is 0.387. The first kappa shape index (κ1) is 25.7. The molecule has 2 aromatic heterocycles. The second kappa shape index (κ2) is 9.26. The van der Waals surface area contributed by atoms with Crippen molar-refractivity contribution in [1.82, 2.24) is 19.8 Å². The molecule has 2 aromatic carbocycles. The van der Waals surface area contributed by atoms with Gasteiger partial charge in [-0.2, -0.15) is 0 Å². The quantitative estimate of drug-likeness (QED) is 0.303. The number of aromatic amines is 2. The number of piperazine rings is 1. The Morgan fingerprint density at radius 1 is 0.897 bits per heavy atom. The van der Waals surface area contributed by atoms with Gasteiger partial charge in [0.2, 0.25) is 5.91 Å². The molecule has 4 heterocycles. The molecule has 0 spiro atoms. The van der Waals surface area contributed by atoms with Gasteiger partial charge in [-0.1, -0.05) is 50.6 Å². The number of hydrogen-bond donors (Lipinski definition) is 2. The van der Waals surface area contributed by atoms with E-state index < -0.39 is 11.3 Å². The number of H-pyrrole nitrogens is 2. The third kappa shape index (κ3) is 4.63. The molecule has 6 rings (SSSR count). The molecule has 7 nitrogen and oxygen atoms in total. The number of aromatic nitrogens is 2. The number of aryl methyl sites for hydroxylation is 1. The molecule has 4 aromatic rings. The monoisotopic (exact) mass is 544 g/mol. The van der Waals surface area contributed by atoms with Crippen LogP contribution in [0.15, 0.2) is 48.5 Å². The molecule has 8 heteroatoms. The Morgan fingerprint density at radius 2 is 1.51 bits per heavy atom. The van der Waals surface area contributed by atoms with Gasteiger partial charge >= 0.3 is 0 Å². The zero-order valence-electron chi connectivity index (χ0n) is 22.7. The summed E-state index contributed by atoms with van der Waals surface area (Å²) in [6, 6.07) is 15.2. The molecule has 0 saturated carbocycles. The lowest BCUT2D eigenvalue weighted by atomic mass is 9.76. The average molecular weight is 545 g/mol. The van der Waals surface area contributed by atoms with Crippen molar-refractivity contribution in [2.45, 2.75) is 52.6 Å². The average Bonchev–Trinajstić information content (AvgIpc) is 3.66. The van der Waals surface area contributed by atoms with E-state index in [4.69, 9.17) is 11.6 Å². The number of rotatable bonds is 5. The van der Waals surface area contributed by atoms with E-state index in [1.54, 1.807) is 12.1 Å². The summed E-state index contributed by atoms with van der Waals surface area (Å²) in [6.07, 6.45) is 0.887. The SMILES string of the molecule is Cc1ccc2cc(C(=O)N3C[C@@H]4C[C@H]3CN4C(=O)[C@@H](CC(=O)c3cc4ccc(Cl)cc4[nH]3)C(C)(C)C)[nH]c2c1. The van der Waals surface area contributed by atoms with E-state index in [1.807, 2.05) is 73.9 Å². The maximum absolute atomic E-state index is 13.9. The van der Waals surface area contributed by atoms with Crippen LogP contribution in [0.25, 0.3) is 21.8 Å². The highest BCUT2D eigenvalue weighted by molar-refractivity contribution is 6.31. The molecule has 2 fully saturated rings. The minimum atomic E-state index is -0.472. The van der Waals surface area contributed by atoms with Crippen LogP contribution in [-0.4, -0.2) is 62.5 Å². The second-order valence-electron chi connectivity index (χ2n) is 12.2. The number of likely N-dealkylation sites (tertiary alicyclic amines) is 2. The zero-order chi connectivity index (χ0) is 27.6. The Bertz CT molecular complexity index is 1630. The standard InChI is InChI=1S/C31H33ClN4O3/c1-17-5-6-18-11-27(34-24(18)9-17)30(39)36-16-21-13-22(36)15-35(21)29(38)23(31(2,3)4)14-28(37)26-10-19-7-8-20(32)12-25(19)33-26/h5-12,21-23,33-34H,13-16H2,1-4H3/t21-,22-,23+/m0/s1. The maximum Gasteiger partial charge on any atom is 0.270 e. The summed E-state index contributed by atoms with van der Waals surface area (Å²) >= 11 is 6.10. The van der Waals surface area contributed by atoms with Gasteiger partial charge in [-0.15, -0.1) is 0 Å². The van der Waals surface area contributed by atoms with E-state index in [0.29, 0.717) is 29.5 Å². The van der Waals surface area contributed by atoms with Crippen LogP contribution >= 0.6 is 11.6 Å². The van der Waals surface area contributed by atoms with E-state index in [0.717, 1.165) is 33.8 Å². The van der Waals surface area contributed by atoms with E-state index >= 15 is 0 Å². The predicted molar refractivity (Wildman–Crippen MR) is 153 cm³/mol. The van der Waals surface area contributed by atoms with Gasteiger partial charge in [-0.3, -0.25) is 14.4 Å². The van der Waals surface area contributed by atoms with Gasteiger partial charge in [0.1, 0.15) is 5.69 Å². The van der Waals surface area contributed by atoms with Crippen LogP contribution in [0.1, 0.15) is 60.2 Å². The Hall–Kier alpha value is -3.58. The molecule has 39 heavy (non-hydrogen) atoms. The normalized spacial score (nSPS) is 19.8. The van der Waals surface area contributed by atoms with Gasteiger partial charge in [-0.05, 0) is 54.7 Å². The molecule has 202 valence electrons. The molecule has 0 radical (unpaired) electrons. The maximum atomic E-state index is 13.9. The first-order valence-corrected chi connectivity index (χ1v) is 13.9. The van der Waals surface area contributed by atoms with Crippen molar-refractivity contribution >= 4 is 51.0 Å². The first-order chi connectivity index (χ1) is 18.5. The van der Waals surface area contributed by atoms with E-state index in [2.05, 4.69) is 9.97 Å². The van der Waals surface area contributed by atoms with Crippen molar-refractivity contribution < 1.29 is 14.4 Å². The number of fused-ring (bicyclic) bond motifs is 4. The van der Waals surface area contributed by atoms with Gasteiger partial charge in [0, 0.05) is 46.3 Å². The third-order valence-electron chi connectivity index (χ3n) is 8.41. The lowest BCUT2D eigenvalue weighted by Crippen LogP contribution is -2.53. The van der Waals surface area contributed by atoms with E-state index in [9.17, 15) is 14.4 Å². The van der Waals surface area contributed by atoms with Crippen molar-refractivity contribution in [3.05, 3.63) is 70.5 Å². The molecule has 2 bridgehead atoms. The van der Waals surface area contributed by atoms with Crippen LogP contribution < -0.4 is 0 Å². The molecular weight excluding hydrogens is 512 g/mol. The minimum absolute atomic E-state index is 0.00399. The first-order valence-electron chi connectivity index (χ1n) is 13.5. The summed E-state index contributed by atoms with van der Waals surface area (Å²) in [4.78, 5) is 50.9. The number of carbonyl (C=O) groups excluding carboxylic acids is 3. The number of halogens is 1. The highest BCUT2D eigenvalue weighted by Gasteiger charge is 2.50. The van der Waals surface area contributed by atoms with Crippen molar-refractivity contribution in [2.24, 2.45) is 11.3 Å². The van der Waals surface area contributed by atoms with Gasteiger partial charge in [0.15, 0.2) is 5.78 Å². The number of hydrogen-bond acceptors (Lipinski definition) is 3. The highest BCUT2D eigenvalue weighted by atomic mass is 35.5. The molecule has 2 aliphatic heterocycles. The molecule has 0 unspecified atom stereocenters. The largest absolute Gasteiger partial charge is 0.352 e. The summed E-state index contributed by atoms with van der Waals surface area (Å²) < 4.78 is 0. The Labute approximate surface area is 232 Å². The fourth-order valence-corrected chi connectivity index (χ4v) is 6.38. The Morgan fingerprint density at radius 3 is 2.21 bits per heavy atom. The van der Waals surface area contributed by atoms with Gasteiger partial charge < -0.3 is 19.8 Å². The van der Waals surface area contributed by atoms with Gasteiger partial charge in [0.25, 0.3) is 5.91 Å². The summed E-state index contributed by atoms with van der Waals surface area (Å²) in [6.45, 7) is 9.07. The molecule has 0 aliphatic carbocycles. The third-order valence-corrected chi connectivity index (χ3v) is 8.65. The van der Waals surface area contributed by atoms with Crippen LogP contribution in [-0.2, 0) is 4.79 Å². The summed E-state index contributed by atoms with van der Waals surface area (Å²) in [7, 11) is 0. The lowest BCUT2D eigenvalue weighted by molar-refractivity contribution is -0.141. The van der Waals surface area contributed by atoms with Crippen molar-refractivity contribution in [1.29, 1.82) is 0 Å². The lowest BCUT2D eigenvalue weighted by Gasteiger charge is -2.39. The smallest absolute Gasteiger partial charge is 0.270 e.